The minimum absolute atomic E-state index is 0.126. The Morgan fingerprint density at radius 2 is 2.26 bits per heavy atom. The van der Waals surface area contributed by atoms with E-state index in [-0.39, 0.29) is 24.0 Å². The van der Waals surface area contributed by atoms with E-state index < -0.39 is 9.05 Å². The molecule has 1 aliphatic rings. The van der Waals surface area contributed by atoms with E-state index in [1.54, 1.807) is 0 Å². The van der Waals surface area contributed by atoms with E-state index in [4.69, 9.17) is 15.4 Å². The molecule has 0 spiro atoms. The van der Waals surface area contributed by atoms with Gasteiger partial charge in [-0.1, -0.05) is 11.3 Å². The quantitative estimate of drug-likeness (QED) is 0.752. The van der Waals surface area contributed by atoms with Crippen LogP contribution in [0.3, 0.4) is 0 Å². The Labute approximate surface area is 142 Å². The van der Waals surface area contributed by atoms with Gasteiger partial charge in [-0.05, 0) is 25.1 Å². The number of carbonyl (C=O) groups is 1. The van der Waals surface area contributed by atoms with Crippen LogP contribution in [0.15, 0.2) is 18.2 Å². The lowest BCUT2D eigenvalue weighted by atomic mass is 10.1. The Hall–Kier alpha value is -1.38. The fraction of sp³-hybridized carbons (Fsp3) is 0.429. The van der Waals surface area contributed by atoms with Crippen molar-refractivity contribution < 1.29 is 17.9 Å². The summed E-state index contributed by atoms with van der Waals surface area (Å²) in [6.07, 6.45) is 0.173. The molecule has 0 radical (unpaired) electrons. The molecule has 124 valence electrons. The number of benzene rings is 1. The average molecular weight is 375 g/mol. The van der Waals surface area contributed by atoms with Crippen molar-refractivity contribution >= 4 is 52.3 Å². The van der Waals surface area contributed by atoms with Gasteiger partial charge in [-0.2, -0.15) is 0 Å². The number of thiazole rings is 1. The van der Waals surface area contributed by atoms with Crippen molar-refractivity contribution in [2.24, 2.45) is 5.92 Å². The zero-order chi connectivity index (χ0) is 16.6. The van der Waals surface area contributed by atoms with Crippen LogP contribution >= 0.6 is 22.0 Å². The first-order valence-electron chi connectivity index (χ1n) is 7.12. The second-order valence-electron chi connectivity index (χ2n) is 5.34. The first kappa shape index (κ1) is 16.5. The molecule has 1 saturated heterocycles. The number of nitrogens with zero attached hydrogens (tertiary/aromatic N) is 2. The molecule has 2 heterocycles. The molecular weight excluding hydrogens is 360 g/mol. The molecule has 1 unspecified atom stereocenters. The first-order valence-corrected chi connectivity index (χ1v) is 10.4. The van der Waals surface area contributed by atoms with Crippen molar-refractivity contribution in [3.8, 4) is 5.75 Å². The van der Waals surface area contributed by atoms with Gasteiger partial charge in [-0.25, -0.2) is 13.4 Å². The van der Waals surface area contributed by atoms with E-state index >= 15 is 0 Å². The molecule has 1 amide bonds. The van der Waals surface area contributed by atoms with Gasteiger partial charge in [0, 0.05) is 29.6 Å². The Kier molecular flexibility index (Phi) is 4.48. The minimum Gasteiger partial charge on any atom is -0.494 e. The van der Waals surface area contributed by atoms with Gasteiger partial charge in [0.1, 0.15) is 5.75 Å². The molecule has 1 fully saturated rings. The molecule has 23 heavy (non-hydrogen) atoms. The number of carbonyl (C=O) groups excluding carboxylic acids is 1. The summed E-state index contributed by atoms with van der Waals surface area (Å²) in [6, 6.07) is 5.58. The number of halogens is 1. The molecular formula is C14H15ClN2O4S2. The van der Waals surface area contributed by atoms with Gasteiger partial charge >= 0.3 is 0 Å². The number of hydrogen-bond acceptors (Lipinski definition) is 6. The number of hydrogen-bond donors (Lipinski definition) is 0. The highest BCUT2D eigenvalue weighted by Crippen LogP contribution is 2.34. The largest absolute Gasteiger partial charge is 0.494 e. The lowest BCUT2D eigenvalue weighted by molar-refractivity contribution is -0.117. The third-order valence-electron chi connectivity index (χ3n) is 3.53. The third-order valence-corrected chi connectivity index (χ3v) is 5.82. The smallest absolute Gasteiger partial charge is 0.232 e. The predicted molar refractivity (Wildman–Crippen MR) is 90.9 cm³/mol. The van der Waals surface area contributed by atoms with Crippen LogP contribution in [0.4, 0.5) is 5.13 Å². The molecule has 0 aliphatic carbocycles. The number of rotatable bonds is 5. The number of amides is 1. The highest BCUT2D eigenvalue weighted by atomic mass is 35.7. The van der Waals surface area contributed by atoms with Crippen LogP contribution in [-0.4, -0.2) is 38.2 Å². The van der Waals surface area contributed by atoms with Crippen LogP contribution in [0.5, 0.6) is 5.75 Å². The standard InChI is InChI=1S/C14H15ClN2O4S2/c1-2-21-10-3-4-11-12(6-10)22-14(16-11)17-7-9(5-13(17)18)8-23(15,19)20/h3-4,6,9H,2,5,7-8H2,1H3. The van der Waals surface area contributed by atoms with Crippen LogP contribution in [0.25, 0.3) is 10.2 Å². The van der Waals surface area contributed by atoms with Gasteiger partial charge in [0.25, 0.3) is 0 Å². The van der Waals surface area contributed by atoms with Crippen LogP contribution < -0.4 is 9.64 Å². The highest BCUT2D eigenvalue weighted by Gasteiger charge is 2.34. The summed E-state index contributed by atoms with van der Waals surface area (Å²) in [5.74, 6) is 0.139. The van der Waals surface area contributed by atoms with Crippen molar-refractivity contribution in [1.82, 2.24) is 4.98 Å². The molecule has 2 aromatic rings. The fourth-order valence-corrected chi connectivity index (χ4v) is 4.97. The third kappa shape index (κ3) is 3.76. The van der Waals surface area contributed by atoms with Gasteiger partial charge in [-0.15, -0.1) is 0 Å². The van der Waals surface area contributed by atoms with E-state index in [0.717, 1.165) is 16.0 Å². The number of ether oxygens (including phenoxy) is 1. The van der Waals surface area contributed by atoms with E-state index in [1.807, 2.05) is 25.1 Å². The molecule has 1 aliphatic heterocycles. The topological polar surface area (TPSA) is 76.6 Å². The van der Waals surface area contributed by atoms with Crippen LogP contribution in [0, 0.1) is 5.92 Å². The normalized spacial score (nSPS) is 18.8. The van der Waals surface area contributed by atoms with Crippen molar-refractivity contribution in [3.05, 3.63) is 18.2 Å². The number of fused-ring (bicyclic) bond motifs is 1. The van der Waals surface area contributed by atoms with Gasteiger partial charge in [0.05, 0.1) is 22.6 Å². The predicted octanol–water partition coefficient (Wildman–Crippen LogP) is 2.62. The summed E-state index contributed by atoms with van der Waals surface area (Å²) in [6.45, 7) is 2.82. The monoisotopic (exact) mass is 374 g/mol. The molecule has 1 aromatic carbocycles. The zero-order valence-electron chi connectivity index (χ0n) is 12.4. The summed E-state index contributed by atoms with van der Waals surface area (Å²) in [5.41, 5.74) is 0.787. The van der Waals surface area contributed by atoms with E-state index in [1.165, 1.54) is 16.2 Å². The van der Waals surface area contributed by atoms with Gasteiger partial charge in [0.2, 0.25) is 15.0 Å². The summed E-state index contributed by atoms with van der Waals surface area (Å²) >= 11 is 1.39. The number of aromatic nitrogens is 1. The lowest BCUT2D eigenvalue weighted by Gasteiger charge is -2.12. The van der Waals surface area contributed by atoms with Crippen LogP contribution in [-0.2, 0) is 13.8 Å². The molecule has 9 heteroatoms. The van der Waals surface area contributed by atoms with Crippen molar-refractivity contribution in [3.63, 3.8) is 0 Å². The molecule has 0 N–H and O–H groups in total. The Bertz CT molecular complexity index is 850. The number of anilines is 1. The van der Waals surface area contributed by atoms with Gasteiger partial charge in [0.15, 0.2) is 5.13 Å². The average Bonchev–Trinajstić information content (AvgIpc) is 3.00. The maximum absolute atomic E-state index is 12.1. The van der Waals surface area contributed by atoms with E-state index in [0.29, 0.717) is 18.3 Å². The Morgan fingerprint density at radius 3 is 2.96 bits per heavy atom. The second kappa shape index (κ2) is 6.26. The Morgan fingerprint density at radius 1 is 1.48 bits per heavy atom. The van der Waals surface area contributed by atoms with Crippen molar-refractivity contribution in [1.29, 1.82) is 0 Å². The lowest BCUT2D eigenvalue weighted by Crippen LogP contribution is -2.25. The summed E-state index contributed by atoms with van der Waals surface area (Å²) in [4.78, 5) is 18.1. The van der Waals surface area contributed by atoms with Crippen molar-refractivity contribution in [2.45, 2.75) is 13.3 Å². The van der Waals surface area contributed by atoms with Gasteiger partial charge < -0.3 is 4.74 Å². The first-order chi connectivity index (χ1) is 10.9. The Balaban J connectivity index is 1.84. The maximum Gasteiger partial charge on any atom is 0.232 e. The minimum atomic E-state index is -3.61. The zero-order valence-corrected chi connectivity index (χ0v) is 14.7. The molecule has 6 nitrogen and oxygen atoms in total. The maximum atomic E-state index is 12.1. The van der Waals surface area contributed by atoms with E-state index in [9.17, 15) is 13.2 Å². The molecule has 3 rings (SSSR count). The van der Waals surface area contributed by atoms with Crippen LogP contribution in [0.1, 0.15) is 13.3 Å². The van der Waals surface area contributed by atoms with Crippen molar-refractivity contribution in [2.75, 3.05) is 23.8 Å². The van der Waals surface area contributed by atoms with Gasteiger partial charge in [-0.3, -0.25) is 9.69 Å². The highest BCUT2D eigenvalue weighted by molar-refractivity contribution is 8.13. The second-order valence-corrected chi connectivity index (χ2v) is 9.17. The summed E-state index contributed by atoms with van der Waals surface area (Å²) < 4.78 is 28.8. The molecule has 1 aromatic heterocycles. The van der Waals surface area contributed by atoms with E-state index in [2.05, 4.69) is 4.98 Å². The SMILES string of the molecule is CCOc1ccc2nc(N3CC(CS(=O)(=O)Cl)CC3=O)sc2c1. The van der Waals surface area contributed by atoms with Crippen LogP contribution in [0.2, 0.25) is 0 Å². The molecule has 0 bridgehead atoms. The fourth-order valence-electron chi connectivity index (χ4n) is 2.62. The summed E-state index contributed by atoms with van der Waals surface area (Å²) in [7, 11) is 1.67. The molecule has 0 saturated carbocycles. The summed E-state index contributed by atoms with van der Waals surface area (Å²) in [5, 5.41) is 0.577. The molecule has 1 atom stereocenters.